The van der Waals surface area contributed by atoms with Gasteiger partial charge in [0.1, 0.15) is 6.04 Å². The van der Waals surface area contributed by atoms with E-state index in [1.54, 1.807) is 10.9 Å². The Hall–Kier alpha value is -2.95. The highest BCUT2D eigenvalue weighted by atomic mass is 16.2. The molecule has 1 N–H and O–H groups in total. The van der Waals surface area contributed by atoms with Crippen LogP contribution in [0.25, 0.3) is 0 Å². The Labute approximate surface area is 153 Å². The standard InChI is InChI=1S/C21H22N4O/c26-21(22-18-13-7-8-14-18)19-15-25(24-23-19)20(16-9-3-1-4-10-16)17-11-5-2-6-12-17/h1-6,9-12,15,18,20H,7-8,13-14H2,(H,22,26). The van der Waals surface area contributed by atoms with E-state index in [1.807, 2.05) is 36.4 Å². The highest BCUT2D eigenvalue weighted by Gasteiger charge is 2.22. The Morgan fingerprint density at radius 1 is 0.962 bits per heavy atom. The third-order valence-electron chi connectivity index (χ3n) is 4.93. The first-order valence-corrected chi connectivity index (χ1v) is 9.14. The highest BCUT2D eigenvalue weighted by Crippen LogP contribution is 2.26. The van der Waals surface area contributed by atoms with Crippen LogP contribution in [-0.2, 0) is 0 Å². The van der Waals surface area contributed by atoms with Crippen LogP contribution in [0.2, 0.25) is 0 Å². The molecule has 5 heteroatoms. The molecule has 1 fully saturated rings. The average Bonchev–Trinajstić information content (AvgIpc) is 3.36. The smallest absolute Gasteiger partial charge is 0.273 e. The molecular formula is C21H22N4O. The summed E-state index contributed by atoms with van der Waals surface area (Å²) in [6.45, 7) is 0. The zero-order valence-electron chi connectivity index (χ0n) is 14.6. The van der Waals surface area contributed by atoms with Gasteiger partial charge in [-0.1, -0.05) is 78.7 Å². The van der Waals surface area contributed by atoms with Crippen LogP contribution in [0.15, 0.2) is 66.9 Å². The SMILES string of the molecule is O=C(NC1CCCC1)c1cn(C(c2ccccc2)c2ccccc2)nn1. The van der Waals surface area contributed by atoms with Gasteiger partial charge in [0.25, 0.3) is 5.91 Å². The highest BCUT2D eigenvalue weighted by molar-refractivity contribution is 5.92. The molecular weight excluding hydrogens is 324 g/mol. The predicted octanol–water partition coefficient (Wildman–Crippen LogP) is 3.59. The number of aromatic nitrogens is 3. The second-order valence-corrected chi connectivity index (χ2v) is 6.76. The molecule has 26 heavy (non-hydrogen) atoms. The third kappa shape index (κ3) is 3.52. The second-order valence-electron chi connectivity index (χ2n) is 6.76. The lowest BCUT2D eigenvalue weighted by Gasteiger charge is -2.18. The minimum atomic E-state index is -0.136. The lowest BCUT2D eigenvalue weighted by atomic mass is 9.99. The van der Waals surface area contributed by atoms with Gasteiger partial charge in [0.05, 0.1) is 6.20 Å². The van der Waals surface area contributed by atoms with Crippen molar-refractivity contribution in [1.82, 2.24) is 20.3 Å². The van der Waals surface area contributed by atoms with Gasteiger partial charge in [0.2, 0.25) is 0 Å². The monoisotopic (exact) mass is 346 g/mol. The molecule has 2 aromatic carbocycles. The van der Waals surface area contributed by atoms with Crippen molar-refractivity contribution in [2.75, 3.05) is 0 Å². The molecule has 0 spiro atoms. The number of nitrogens with one attached hydrogen (secondary N) is 1. The van der Waals surface area contributed by atoms with Gasteiger partial charge in [0, 0.05) is 6.04 Å². The fourth-order valence-electron chi connectivity index (χ4n) is 3.61. The van der Waals surface area contributed by atoms with Crippen LogP contribution in [0.5, 0.6) is 0 Å². The molecule has 0 saturated heterocycles. The minimum absolute atomic E-state index is 0.113. The summed E-state index contributed by atoms with van der Waals surface area (Å²) in [7, 11) is 0. The van der Waals surface area contributed by atoms with Gasteiger partial charge in [-0.05, 0) is 24.0 Å². The van der Waals surface area contributed by atoms with E-state index in [2.05, 4.69) is 39.9 Å². The summed E-state index contributed by atoms with van der Waals surface area (Å²) in [4.78, 5) is 12.5. The molecule has 0 bridgehead atoms. The Kier molecular flexibility index (Phi) is 4.78. The van der Waals surface area contributed by atoms with E-state index < -0.39 is 0 Å². The van der Waals surface area contributed by atoms with Crippen LogP contribution in [-0.4, -0.2) is 26.9 Å². The molecule has 1 aliphatic carbocycles. The van der Waals surface area contributed by atoms with E-state index in [1.165, 1.54) is 12.8 Å². The lowest BCUT2D eigenvalue weighted by molar-refractivity contribution is 0.0932. The minimum Gasteiger partial charge on any atom is -0.348 e. The van der Waals surface area contributed by atoms with E-state index in [-0.39, 0.29) is 18.0 Å². The van der Waals surface area contributed by atoms with Crippen LogP contribution >= 0.6 is 0 Å². The van der Waals surface area contributed by atoms with Crippen molar-refractivity contribution < 1.29 is 4.79 Å². The summed E-state index contributed by atoms with van der Waals surface area (Å²) in [6, 6.07) is 20.5. The van der Waals surface area contributed by atoms with Crippen molar-refractivity contribution in [2.45, 2.75) is 37.8 Å². The summed E-state index contributed by atoms with van der Waals surface area (Å²) in [5, 5.41) is 11.5. The molecule has 0 atom stereocenters. The number of hydrogen-bond acceptors (Lipinski definition) is 3. The first-order chi connectivity index (χ1) is 12.8. The van der Waals surface area contributed by atoms with Crippen LogP contribution in [0, 0.1) is 0 Å². The maximum absolute atomic E-state index is 12.5. The maximum Gasteiger partial charge on any atom is 0.273 e. The van der Waals surface area contributed by atoms with Crippen molar-refractivity contribution in [3.8, 4) is 0 Å². The Morgan fingerprint density at radius 2 is 1.54 bits per heavy atom. The van der Waals surface area contributed by atoms with Gasteiger partial charge in [-0.2, -0.15) is 0 Å². The van der Waals surface area contributed by atoms with Crippen molar-refractivity contribution in [1.29, 1.82) is 0 Å². The van der Waals surface area contributed by atoms with E-state index >= 15 is 0 Å². The zero-order valence-corrected chi connectivity index (χ0v) is 14.6. The van der Waals surface area contributed by atoms with E-state index in [4.69, 9.17) is 0 Å². The molecule has 1 aliphatic rings. The molecule has 1 amide bonds. The number of hydrogen-bond donors (Lipinski definition) is 1. The number of benzene rings is 2. The molecule has 4 rings (SSSR count). The molecule has 132 valence electrons. The van der Waals surface area contributed by atoms with Gasteiger partial charge in [-0.15, -0.1) is 5.10 Å². The van der Waals surface area contributed by atoms with Crippen molar-refractivity contribution >= 4 is 5.91 Å². The van der Waals surface area contributed by atoms with E-state index in [0.717, 1.165) is 24.0 Å². The molecule has 1 heterocycles. The molecule has 1 aromatic heterocycles. The number of rotatable bonds is 5. The van der Waals surface area contributed by atoms with Crippen molar-refractivity contribution in [3.05, 3.63) is 83.7 Å². The second kappa shape index (κ2) is 7.52. The van der Waals surface area contributed by atoms with Crippen LogP contribution in [0.1, 0.15) is 53.3 Å². The molecule has 3 aromatic rings. The number of nitrogens with zero attached hydrogens (tertiary/aromatic N) is 3. The van der Waals surface area contributed by atoms with Crippen molar-refractivity contribution in [3.63, 3.8) is 0 Å². The molecule has 1 saturated carbocycles. The lowest BCUT2D eigenvalue weighted by Crippen LogP contribution is -2.32. The zero-order chi connectivity index (χ0) is 17.8. The topological polar surface area (TPSA) is 59.8 Å². The van der Waals surface area contributed by atoms with Gasteiger partial charge in [-0.3, -0.25) is 4.79 Å². The van der Waals surface area contributed by atoms with Crippen LogP contribution in [0.3, 0.4) is 0 Å². The first-order valence-electron chi connectivity index (χ1n) is 9.14. The molecule has 0 aliphatic heterocycles. The molecule has 0 radical (unpaired) electrons. The van der Waals surface area contributed by atoms with Crippen LogP contribution in [0.4, 0.5) is 0 Å². The number of carbonyl (C=O) groups excluding carboxylic acids is 1. The summed E-state index contributed by atoms with van der Waals surface area (Å²) >= 11 is 0. The maximum atomic E-state index is 12.5. The fraction of sp³-hybridized carbons (Fsp3) is 0.286. The third-order valence-corrected chi connectivity index (χ3v) is 4.93. The summed E-state index contributed by atoms with van der Waals surface area (Å²) in [5.41, 5.74) is 2.58. The van der Waals surface area contributed by atoms with Gasteiger partial charge in [0.15, 0.2) is 5.69 Å². The normalized spacial score (nSPS) is 14.7. The van der Waals surface area contributed by atoms with E-state index in [0.29, 0.717) is 5.69 Å². The predicted molar refractivity (Wildman–Crippen MR) is 99.9 cm³/mol. The number of carbonyl (C=O) groups is 1. The Morgan fingerprint density at radius 3 is 2.12 bits per heavy atom. The van der Waals surface area contributed by atoms with Crippen molar-refractivity contribution in [2.24, 2.45) is 0 Å². The first kappa shape index (κ1) is 16.5. The number of amides is 1. The quantitative estimate of drug-likeness (QED) is 0.768. The van der Waals surface area contributed by atoms with Gasteiger partial charge in [-0.25, -0.2) is 4.68 Å². The Balaban J connectivity index is 1.62. The Bertz CT molecular complexity index is 814. The van der Waals surface area contributed by atoms with E-state index in [9.17, 15) is 4.79 Å². The summed E-state index contributed by atoms with van der Waals surface area (Å²) < 4.78 is 1.77. The van der Waals surface area contributed by atoms with Crippen LogP contribution < -0.4 is 5.32 Å². The van der Waals surface area contributed by atoms with Gasteiger partial charge < -0.3 is 5.32 Å². The molecule has 5 nitrogen and oxygen atoms in total. The summed E-state index contributed by atoms with van der Waals surface area (Å²) in [6.07, 6.45) is 6.21. The average molecular weight is 346 g/mol. The fourth-order valence-corrected chi connectivity index (χ4v) is 3.61. The summed E-state index contributed by atoms with van der Waals surface area (Å²) in [5.74, 6) is -0.136. The molecule has 0 unspecified atom stereocenters. The van der Waals surface area contributed by atoms with Gasteiger partial charge >= 0.3 is 0 Å². The largest absolute Gasteiger partial charge is 0.348 e.